The molecule has 10 heteroatoms. The number of pyridine rings is 2. The van der Waals surface area contributed by atoms with Crippen molar-refractivity contribution in [1.82, 2.24) is 19.8 Å². The Morgan fingerprint density at radius 3 is 2.92 bits per heavy atom. The molecule has 2 N–H and O–H groups in total. The molecule has 2 aliphatic rings. The second-order valence-corrected chi connectivity index (χ2v) is 9.24. The summed E-state index contributed by atoms with van der Waals surface area (Å²) in [5.74, 6) is 0.667. The summed E-state index contributed by atoms with van der Waals surface area (Å²) in [6.45, 7) is 4.15. The number of anilines is 1. The van der Waals surface area contributed by atoms with Crippen LogP contribution in [0.5, 0.6) is 5.75 Å². The van der Waals surface area contributed by atoms with Gasteiger partial charge in [0, 0.05) is 43.7 Å². The molecule has 3 aromatic rings. The molecule has 0 unspecified atom stereocenters. The van der Waals surface area contributed by atoms with Gasteiger partial charge in [0.05, 0.1) is 22.8 Å². The molecular weight excluding hydrogens is 463 g/mol. The van der Waals surface area contributed by atoms with Gasteiger partial charge in [-0.2, -0.15) is 5.26 Å². The standard InChI is InChI=1S/C26H27FN6O3/c1-16-10-25(35)33(22-11-17(12-28)2-4-19(16)22)9-8-32-7-6-21(20(27)14-32)29-13-18-3-5-23-26(30-18)31-24(34)15-36-23/h2-5,10-11,20-21,29H,6-9,13-15H2,1H3,(H,30,31,34)/t20-,21+/m1/s1. The van der Waals surface area contributed by atoms with Crippen LogP contribution in [0.3, 0.4) is 0 Å². The molecule has 2 aromatic heterocycles. The van der Waals surface area contributed by atoms with E-state index in [9.17, 15) is 14.9 Å². The molecule has 36 heavy (non-hydrogen) atoms. The van der Waals surface area contributed by atoms with Crippen LogP contribution >= 0.6 is 0 Å². The SMILES string of the molecule is Cc1cc(=O)n(CCN2CC[C@H](NCc3ccc4c(n3)NC(=O)CO4)[C@H](F)C2)c2cc(C#N)ccc12. The first-order chi connectivity index (χ1) is 17.4. The lowest BCUT2D eigenvalue weighted by Crippen LogP contribution is -2.51. The van der Waals surface area contributed by atoms with Crippen LogP contribution in [0.2, 0.25) is 0 Å². The van der Waals surface area contributed by atoms with Crippen LogP contribution in [-0.4, -0.2) is 58.8 Å². The van der Waals surface area contributed by atoms with Gasteiger partial charge in [0.15, 0.2) is 18.2 Å². The Bertz CT molecular complexity index is 1420. The Balaban J connectivity index is 1.19. The number of nitriles is 1. The number of benzene rings is 1. The third-order valence-electron chi connectivity index (χ3n) is 6.79. The molecule has 2 aliphatic heterocycles. The molecule has 1 saturated heterocycles. The number of nitrogens with one attached hydrogen (secondary N) is 2. The second kappa shape index (κ2) is 10.0. The molecule has 186 valence electrons. The molecule has 0 aliphatic carbocycles. The first-order valence-corrected chi connectivity index (χ1v) is 12.0. The summed E-state index contributed by atoms with van der Waals surface area (Å²) in [5.41, 5.74) is 2.67. The van der Waals surface area contributed by atoms with Crippen LogP contribution in [0.15, 0.2) is 41.2 Å². The first-order valence-electron chi connectivity index (χ1n) is 12.0. The van der Waals surface area contributed by atoms with Gasteiger partial charge in [0.25, 0.3) is 11.5 Å². The lowest BCUT2D eigenvalue weighted by molar-refractivity contribution is -0.118. The molecule has 0 saturated carbocycles. The monoisotopic (exact) mass is 490 g/mol. The molecule has 0 bridgehead atoms. The Morgan fingerprint density at radius 2 is 2.11 bits per heavy atom. The van der Waals surface area contributed by atoms with Crippen LogP contribution in [-0.2, 0) is 17.9 Å². The van der Waals surface area contributed by atoms with Gasteiger partial charge in [-0.05, 0) is 49.7 Å². The van der Waals surface area contributed by atoms with Gasteiger partial charge in [-0.25, -0.2) is 9.37 Å². The lowest BCUT2D eigenvalue weighted by atomic mass is 10.0. The smallest absolute Gasteiger partial charge is 0.263 e. The Labute approximate surface area is 207 Å². The van der Waals surface area contributed by atoms with Gasteiger partial charge in [-0.3, -0.25) is 14.5 Å². The number of fused-ring (bicyclic) bond motifs is 2. The second-order valence-electron chi connectivity index (χ2n) is 9.24. The number of hydrogen-bond donors (Lipinski definition) is 2. The van der Waals surface area contributed by atoms with Crippen LogP contribution in [0.25, 0.3) is 10.9 Å². The van der Waals surface area contributed by atoms with E-state index in [4.69, 9.17) is 4.74 Å². The molecule has 5 rings (SSSR count). The van der Waals surface area contributed by atoms with Gasteiger partial charge < -0.3 is 19.9 Å². The molecule has 2 atom stereocenters. The van der Waals surface area contributed by atoms with Crippen LogP contribution < -0.4 is 20.9 Å². The first kappa shape index (κ1) is 23.9. The predicted octanol–water partition coefficient (Wildman–Crippen LogP) is 2.11. The quantitative estimate of drug-likeness (QED) is 0.544. The summed E-state index contributed by atoms with van der Waals surface area (Å²) < 4.78 is 22.0. The zero-order valence-corrected chi connectivity index (χ0v) is 20.0. The fourth-order valence-electron chi connectivity index (χ4n) is 4.83. The van der Waals surface area contributed by atoms with Gasteiger partial charge in [-0.15, -0.1) is 0 Å². The van der Waals surface area contributed by atoms with Crippen molar-refractivity contribution >= 4 is 22.6 Å². The highest BCUT2D eigenvalue weighted by atomic mass is 19.1. The highest BCUT2D eigenvalue weighted by Crippen LogP contribution is 2.25. The van der Waals surface area contributed by atoms with Gasteiger partial charge in [-0.1, -0.05) is 6.07 Å². The number of halogens is 1. The average Bonchev–Trinajstić information content (AvgIpc) is 2.87. The molecule has 1 aromatic carbocycles. The largest absolute Gasteiger partial charge is 0.480 e. The van der Waals surface area contributed by atoms with Crippen molar-refractivity contribution in [3.8, 4) is 11.8 Å². The third kappa shape index (κ3) is 4.94. The molecular formula is C26H27FN6O3. The summed E-state index contributed by atoms with van der Waals surface area (Å²) in [4.78, 5) is 30.6. The number of hydrogen-bond acceptors (Lipinski definition) is 7. The van der Waals surface area contributed by atoms with E-state index in [-0.39, 0.29) is 30.7 Å². The van der Waals surface area contributed by atoms with E-state index in [1.807, 2.05) is 17.9 Å². The van der Waals surface area contributed by atoms with Gasteiger partial charge in [0.1, 0.15) is 6.17 Å². The van der Waals surface area contributed by atoms with Gasteiger partial charge >= 0.3 is 0 Å². The molecule has 4 heterocycles. The predicted molar refractivity (Wildman–Crippen MR) is 133 cm³/mol. The summed E-state index contributed by atoms with van der Waals surface area (Å²) in [6, 6.07) is 12.3. The van der Waals surface area contributed by atoms with Crippen LogP contribution in [0.1, 0.15) is 23.2 Å². The Morgan fingerprint density at radius 1 is 1.25 bits per heavy atom. The number of rotatable bonds is 6. The van der Waals surface area contributed by atoms with Crippen molar-refractivity contribution in [2.24, 2.45) is 0 Å². The maximum atomic E-state index is 15.0. The topological polar surface area (TPSA) is 112 Å². The van der Waals surface area contributed by atoms with Gasteiger partial charge in [0.2, 0.25) is 0 Å². The molecule has 1 fully saturated rings. The molecule has 0 spiro atoms. The van der Waals surface area contributed by atoms with Crippen molar-refractivity contribution in [2.75, 3.05) is 31.6 Å². The summed E-state index contributed by atoms with van der Waals surface area (Å²) >= 11 is 0. The Hall–Kier alpha value is -3.81. The minimum atomic E-state index is -1.07. The van der Waals surface area contributed by atoms with E-state index >= 15 is 4.39 Å². The van der Waals surface area contributed by atoms with Crippen LogP contribution in [0, 0.1) is 18.3 Å². The lowest BCUT2D eigenvalue weighted by Gasteiger charge is -2.35. The van der Waals surface area contributed by atoms with E-state index in [1.54, 1.807) is 34.9 Å². The summed E-state index contributed by atoms with van der Waals surface area (Å²) in [6.07, 6.45) is -0.454. The van der Waals surface area contributed by atoms with E-state index in [1.165, 1.54) is 0 Å². The maximum absolute atomic E-state index is 15.0. The fraction of sp³-hybridized carbons (Fsp3) is 0.385. The molecule has 9 nitrogen and oxygen atoms in total. The van der Waals surface area contributed by atoms with E-state index < -0.39 is 6.17 Å². The van der Waals surface area contributed by atoms with Crippen LogP contribution in [0.4, 0.5) is 10.2 Å². The highest BCUT2D eigenvalue weighted by molar-refractivity contribution is 5.94. The maximum Gasteiger partial charge on any atom is 0.263 e. The van der Waals surface area contributed by atoms with E-state index in [2.05, 4.69) is 21.7 Å². The highest BCUT2D eigenvalue weighted by Gasteiger charge is 2.29. The number of carbonyl (C=O) groups is 1. The minimum absolute atomic E-state index is 0.0238. The normalized spacial score (nSPS) is 19.9. The number of alkyl halides is 1. The number of nitrogens with zero attached hydrogens (tertiary/aromatic N) is 4. The van der Waals surface area contributed by atoms with Crippen molar-refractivity contribution in [1.29, 1.82) is 5.26 Å². The number of carbonyl (C=O) groups excluding carboxylic acids is 1. The van der Waals surface area contributed by atoms with Crippen molar-refractivity contribution < 1.29 is 13.9 Å². The summed E-state index contributed by atoms with van der Waals surface area (Å²) in [5, 5.41) is 16.1. The van der Waals surface area contributed by atoms with E-state index in [0.717, 1.165) is 16.5 Å². The number of amides is 1. The fourth-order valence-corrected chi connectivity index (χ4v) is 4.83. The van der Waals surface area contributed by atoms with Crippen molar-refractivity contribution in [3.63, 3.8) is 0 Å². The number of ether oxygens (including phenoxy) is 1. The minimum Gasteiger partial charge on any atom is -0.480 e. The molecule has 1 amide bonds. The summed E-state index contributed by atoms with van der Waals surface area (Å²) in [7, 11) is 0. The van der Waals surface area contributed by atoms with E-state index in [0.29, 0.717) is 55.4 Å². The zero-order valence-electron chi connectivity index (χ0n) is 20.0. The average molecular weight is 491 g/mol. The molecule has 0 radical (unpaired) electrons. The number of aromatic nitrogens is 2. The third-order valence-corrected chi connectivity index (χ3v) is 6.79. The zero-order chi connectivity index (χ0) is 25.2. The van der Waals surface area contributed by atoms with Crippen molar-refractivity contribution in [3.05, 3.63) is 63.6 Å². The van der Waals surface area contributed by atoms with Crippen molar-refractivity contribution in [2.45, 2.75) is 38.6 Å². The number of aryl methyl sites for hydroxylation is 1. The number of piperidine rings is 1. The Kier molecular flexibility index (Phi) is 6.67. The number of likely N-dealkylation sites (tertiary alicyclic amines) is 1.